The highest BCUT2D eigenvalue weighted by Crippen LogP contribution is 2.27. The van der Waals surface area contributed by atoms with Gasteiger partial charge in [-0.05, 0) is 49.2 Å². The molecule has 0 atom stereocenters. The van der Waals surface area contributed by atoms with Crippen LogP contribution in [0.1, 0.15) is 21.7 Å². The predicted molar refractivity (Wildman–Crippen MR) is 121 cm³/mol. The van der Waals surface area contributed by atoms with Crippen LogP contribution in [0.4, 0.5) is 5.69 Å². The van der Waals surface area contributed by atoms with Gasteiger partial charge in [-0.1, -0.05) is 65.7 Å². The average molecular weight is 437 g/mol. The molecular weight excluding hydrogens is 419 g/mol. The highest BCUT2D eigenvalue weighted by Gasteiger charge is 2.20. The topological polar surface area (TPSA) is 59.8 Å². The van der Waals surface area contributed by atoms with E-state index in [2.05, 4.69) is 15.4 Å². The average Bonchev–Trinajstić information content (AvgIpc) is 3.19. The number of hydrogen-bond acceptors (Lipinski definition) is 3. The van der Waals surface area contributed by atoms with Crippen molar-refractivity contribution in [3.05, 3.63) is 93.7 Å². The van der Waals surface area contributed by atoms with Gasteiger partial charge in [0, 0.05) is 21.3 Å². The van der Waals surface area contributed by atoms with Crippen LogP contribution in [0.2, 0.25) is 10.0 Å². The smallest absolute Gasteiger partial charge is 0.295 e. The number of carbonyl (C=O) groups is 1. The van der Waals surface area contributed by atoms with Crippen molar-refractivity contribution in [3.8, 4) is 17.1 Å². The molecule has 0 fully saturated rings. The van der Waals surface area contributed by atoms with E-state index in [0.29, 0.717) is 21.6 Å². The summed E-state index contributed by atoms with van der Waals surface area (Å²) in [5, 5.41) is 8.51. The van der Waals surface area contributed by atoms with Gasteiger partial charge in [-0.3, -0.25) is 4.79 Å². The fourth-order valence-electron chi connectivity index (χ4n) is 3.08. The Morgan fingerprint density at radius 3 is 2.50 bits per heavy atom. The Hall–Kier alpha value is -3.15. The number of carbonyl (C=O) groups excluding carboxylic acids is 1. The van der Waals surface area contributed by atoms with Crippen LogP contribution >= 0.6 is 23.2 Å². The molecule has 0 bridgehead atoms. The van der Waals surface area contributed by atoms with Gasteiger partial charge in [0.1, 0.15) is 0 Å². The maximum atomic E-state index is 12.9. The molecular formula is C23H18Cl2N4O. The van der Waals surface area contributed by atoms with Crippen LogP contribution in [-0.2, 0) is 0 Å². The number of halogens is 2. The first-order valence-corrected chi connectivity index (χ1v) is 10.0. The predicted octanol–water partition coefficient (Wildman–Crippen LogP) is 6.11. The third kappa shape index (κ3) is 3.95. The van der Waals surface area contributed by atoms with Gasteiger partial charge in [0.15, 0.2) is 5.82 Å². The molecule has 0 aliphatic heterocycles. The lowest BCUT2D eigenvalue weighted by Crippen LogP contribution is -2.15. The lowest BCUT2D eigenvalue weighted by atomic mass is 10.2. The van der Waals surface area contributed by atoms with Crippen molar-refractivity contribution < 1.29 is 4.79 Å². The second-order valence-electron chi connectivity index (χ2n) is 6.83. The van der Waals surface area contributed by atoms with Gasteiger partial charge in [-0.2, -0.15) is 0 Å². The van der Waals surface area contributed by atoms with E-state index in [1.54, 1.807) is 28.9 Å². The quantitative estimate of drug-likeness (QED) is 0.419. The summed E-state index contributed by atoms with van der Waals surface area (Å²) in [5.74, 6) is 0.178. The van der Waals surface area contributed by atoms with Gasteiger partial charge in [0.2, 0.25) is 5.82 Å². The van der Waals surface area contributed by atoms with E-state index in [1.165, 1.54) is 0 Å². The molecule has 30 heavy (non-hydrogen) atoms. The summed E-state index contributed by atoms with van der Waals surface area (Å²) in [6.07, 6.45) is 0. The number of anilines is 1. The molecule has 1 aromatic heterocycles. The van der Waals surface area contributed by atoms with Crippen molar-refractivity contribution in [1.29, 1.82) is 0 Å². The molecule has 150 valence electrons. The molecule has 4 rings (SSSR count). The molecule has 0 saturated heterocycles. The number of benzene rings is 3. The number of rotatable bonds is 4. The normalized spacial score (nSPS) is 10.8. The summed E-state index contributed by atoms with van der Waals surface area (Å²) in [7, 11) is 0. The summed E-state index contributed by atoms with van der Waals surface area (Å²) < 4.78 is 1.65. The van der Waals surface area contributed by atoms with Crippen LogP contribution < -0.4 is 5.32 Å². The molecule has 5 nitrogen and oxygen atoms in total. The number of aromatic nitrogens is 3. The SMILES string of the molecule is Cc1ccc(Cl)cc1-n1nc(C(=O)Nc2cccc(Cl)c2C)nc1-c1ccccc1. The standard InChI is InChI=1S/C23H18Cl2N4O/c1-14-11-12-17(24)13-20(14)29-22(16-7-4-3-5-8-16)27-21(28-29)23(30)26-19-10-6-9-18(25)15(19)2/h3-13H,1-2H3,(H,26,30). The summed E-state index contributed by atoms with van der Waals surface area (Å²) >= 11 is 12.4. The Labute approximate surface area is 184 Å². The van der Waals surface area contributed by atoms with Crippen LogP contribution in [0.3, 0.4) is 0 Å². The minimum Gasteiger partial charge on any atom is -0.319 e. The van der Waals surface area contributed by atoms with Gasteiger partial charge in [0.05, 0.1) is 5.69 Å². The van der Waals surface area contributed by atoms with E-state index < -0.39 is 5.91 Å². The molecule has 0 aliphatic rings. The molecule has 0 saturated carbocycles. The fourth-order valence-corrected chi connectivity index (χ4v) is 3.42. The van der Waals surface area contributed by atoms with E-state index in [4.69, 9.17) is 23.2 Å². The van der Waals surface area contributed by atoms with Crippen molar-refractivity contribution in [3.63, 3.8) is 0 Å². The third-order valence-electron chi connectivity index (χ3n) is 4.76. The second-order valence-corrected chi connectivity index (χ2v) is 7.68. The highest BCUT2D eigenvalue weighted by atomic mass is 35.5. The monoisotopic (exact) mass is 436 g/mol. The number of nitrogens with one attached hydrogen (secondary N) is 1. The van der Waals surface area contributed by atoms with E-state index in [1.807, 2.05) is 56.3 Å². The van der Waals surface area contributed by atoms with Gasteiger partial charge in [-0.25, -0.2) is 9.67 Å². The summed E-state index contributed by atoms with van der Waals surface area (Å²) in [6, 6.07) is 20.4. The largest absolute Gasteiger partial charge is 0.319 e. The Morgan fingerprint density at radius 1 is 0.967 bits per heavy atom. The number of hydrogen-bond donors (Lipinski definition) is 1. The summed E-state index contributed by atoms with van der Waals surface area (Å²) in [5.41, 5.74) is 3.94. The molecule has 0 radical (unpaired) electrons. The van der Waals surface area contributed by atoms with Gasteiger partial charge < -0.3 is 5.32 Å². The minimum atomic E-state index is -0.420. The van der Waals surface area contributed by atoms with Gasteiger partial charge in [-0.15, -0.1) is 5.10 Å². The molecule has 1 amide bonds. The number of aryl methyl sites for hydroxylation is 1. The van der Waals surface area contributed by atoms with Crippen LogP contribution in [-0.4, -0.2) is 20.7 Å². The molecule has 3 aromatic carbocycles. The van der Waals surface area contributed by atoms with Crippen LogP contribution in [0.25, 0.3) is 17.1 Å². The Morgan fingerprint density at radius 2 is 1.73 bits per heavy atom. The lowest BCUT2D eigenvalue weighted by Gasteiger charge is -2.09. The summed E-state index contributed by atoms with van der Waals surface area (Å²) in [4.78, 5) is 17.5. The van der Waals surface area contributed by atoms with E-state index in [-0.39, 0.29) is 5.82 Å². The first-order valence-electron chi connectivity index (χ1n) is 9.29. The molecule has 1 heterocycles. The number of amides is 1. The zero-order valence-corrected chi connectivity index (χ0v) is 17.9. The van der Waals surface area contributed by atoms with Crippen LogP contribution in [0.5, 0.6) is 0 Å². The van der Waals surface area contributed by atoms with Gasteiger partial charge >= 0.3 is 0 Å². The summed E-state index contributed by atoms with van der Waals surface area (Å²) in [6.45, 7) is 3.80. The molecule has 4 aromatic rings. The molecule has 1 N–H and O–H groups in total. The first kappa shape index (κ1) is 20.1. The molecule has 0 spiro atoms. The van der Waals surface area contributed by atoms with E-state index >= 15 is 0 Å². The van der Waals surface area contributed by atoms with Crippen molar-refractivity contribution >= 4 is 34.8 Å². The Balaban J connectivity index is 1.80. The van der Waals surface area contributed by atoms with Crippen molar-refractivity contribution in [2.75, 3.05) is 5.32 Å². The fraction of sp³-hybridized carbons (Fsp3) is 0.0870. The molecule has 0 unspecified atom stereocenters. The van der Waals surface area contributed by atoms with Crippen molar-refractivity contribution in [2.24, 2.45) is 0 Å². The molecule has 7 heteroatoms. The van der Waals surface area contributed by atoms with Crippen LogP contribution in [0, 0.1) is 13.8 Å². The Bertz CT molecular complexity index is 1240. The highest BCUT2D eigenvalue weighted by molar-refractivity contribution is 6.32. The zero-order valence-electron chi connectivity index (χ0n) is 16.4. The minimum absolute atomic E-state index is 0.0487. The number of nitrogens with zero attached hydrogens (tertiary/aromatic N) is 3. The van der Waals surface area contributed by atoms with Crippen molar-refractivity contribution in [1.82, 2.24) is 14.8 Å². The molecule has 0 aliphatic carbocycles. The second kappa shape index (κ2) is 8.30. The third-order valence-corrected chi connectivity index (χ3v) is 5.40. The maximum absolute atomic E-state index is 12.9. The van der Waals surface area contributed by atoms with Crippen molar-refractivity contribution in [2.45, 2.75) is 13.8 Å². The maximum Gasteiger partial charge on any atom is 0.295 e. The van der Waals surface area contributed by atoms with E-state index in [0.717, 1.165) is 22.4 Å². The van der Waals surface area contributed by atoms with Crippen LogP contribution in [0.15, 0.2) is 66.7 Å². The lowest BCUT2D eigenvalue weighted by molar-refractivity contribution is 0.101. The Kier molecular flexibility index (Phi) is 5.57. The zero-order chi connectivity index (χ0) is 21.3. The van der Waals surface area contributed by atoms with Gasteiger partial charge in [0.25, 0.3) is 5.91 Å². The van der Waals surface area contributed by atoms with E-state index in [9.17, 15) is 4.79 Å². The first-order chi connectivity index (χ1) is 14.4.